The Hall–Kier alpha value is -2.09. The Balaban J connectivity index is 2.14. The Bertz CT molecular complexity index is 585. The van der Waals surface area contributed by atoms with Crippen LogP contribution in [0.4, 0.5) is 10.5 Å². The van der Waals surface area contributed by atoms with Gasteiger partial charge in [0, 0.05) is 16.9 Å². The molecular formula is C14H18N4O3S. The van der Waals surface area contributed by atoms with Crippen LogP contribution in [0.3, 0.4) is 0 Å². The van der Waals surface area contributed by atoms with Gasteiger partial charge in [-0.25, -0.2) is 10.2 Å². The number of benzene rings is 1. The summed E-state index contributed by atoms with van der Waals surface area (Å²) in [6.45, 7) is 0. The smallest absolute Gasteiger partial charge is 0.332 e. The van der Waals surface area contributed by atoms with Gasteiger partial charge < -0.3 is 5.73 Å². The summed E-state index contributed by atoms with van der Waals surface area (Å²) in [5.74, 6) is 0. The highest BCUT2D eigenvalue weighted by Gasteiger charge is 2.20. The largest absolute Gasteiger partial charge is 0.350 e. The van der Waals surface area contributed by atoms with Crippen molar-refractivity contribution in [2.75, 3.05) is 0 Å². The number of carbonyl (C=O) groups is 1. The summed E-state index contributed by atoms with van der Waals surface area (Å²) in [7, 11) is 0. The number of nitrogens with two attached hydrogens (primary N) is 1. The van der Waals surface area contributed by atoms with E-state index in [9.17, 15) is 14.9 Å². The number of thioether (sulfide) groups is 1. The predicted octanol–water partition coefficient (Wildman–Crippen LogP) is 3.02. The van der Waals surface area contributed by atoms with Gasteiger partial charge in [0.1, 0.15) is 0 Å². The second-order valence-corrected chi connectivity index (χ2v) is 6.44. The standard InChI is InChI=1S/C14H18N4O3S/c15-14(19)17-16-9-10-6-7-13(12(8-10)18(20)21)22-11-4-2-1-3-5-11/h6-9,11H,1-5H2,(H3,15,17,19). The molecule has 7 nitrogen and oxygen atoms in total. The molecule has 22 heavy (non-hydrogen) atoms. The molecule has 0 aliphatic heterocycles. The number of nitro benzene ring substituents is 1. The number of nitrogens with zero attached hydrogens (tertiary/aromatic N) is 2. The van der Waals surface area contributed by atoms with Gasteiger partial charge in [0.15, 0.2) is 0 Å². The Morgan fingerprint density at radius 1 is 1.41 bits per heavy atom. The molecule has 118 valence electrons. The molecule has 0 atom stereocenters. The quantitative estimate of drug-likeness (QED) is 0.493. The van der Waals surface area contributed by atoms with E-state index in [1.165, 1.54) is 31.5 Å². The highest BCUT2D eigenvalue weighted by Crippen LogP contribution is 2.38. The lowest BCUT2D eigenvalue weighted by Gasteiger charge is -2.20. The minimum atomic E-state index is -0.782. The molecule has 1 fully saturated rings. The van der Waals surface area contributed by atoms with E-state index >= 15 is 0 Å². The van der Waals surface area contributed by atoms with E-state index in [1.54, 1.807) is 23.9 Å². The average molecular weight is 322 g/mol. The van der Waals surface area contributed by atoms with Crippen molar-refractivity contribution < 1.29 is 9.72 Å². The van der Waals surface area contributed by atoms with Gasteiger partial charge in [-0.05, 0) is 18.9 Å². The fraction of sp³-hybridized carbons (Fsp3) is 0.429. The molecule has 8 heteroatoms. The first-order chi connectivity index (χ1) is 10.6. The molecule has 1 saturated carbocycles. The summed E-state index contributed by atoms with van der Waals surface area (Å²) in [4.78, 5) is 22.1. The van der Waals surface area contributed by atoms with Crippen LogP contribution in [0.5, 0.6) is 0 Å². The zero-order valence-corrected chi connectivity index (χ0v) is 12.8. The second kappa shape index (κ2) is 7.79. The van der Waals surface area contributed by atoms with Crippen molar-refractivity contribution in [3.8, 4) is 0 Å². The first kappa shape index (κ1) is 16.3. The minimum absolute atomic E-state index is 0.0681. The van der Waals surface area contributed by atoms with Crippen molar-refractivity contribution in [1.29, 1.82) is 0 Å². The lowest BCUT2D eigenvalue weighted by molar-refractivity contribution is -0.387. The number of hydrogen-bond donors (Lipinski definition) is 2. The Kier molecular flexibility index (Phi) is 5.76. The number of amides is 2. The number of nitrogens with one attached hydrogen (secondary N) is 1. The van der Waals surface area contributed by atoms with Crippen molar-refractivity contribution >= 4 is 29.7 Å². The van der Waals surface area contributed by atoms with Crippen LogP contribution in [0, 0.1) is 10.1 Å². The van der Waals surface area contributed by atoms with Gasteiger partial charge in [-0.15, -0.1) is 11.8 Å². The first-order valence-corrected chi connectivity index (χ1v) is 7.98. The van der Waals surface area contributed by atoms with Gasteiger partial charge >= 0.3 is 6.03 Å². The first-order valence-electron chi connectivity index (χ1n) is 7.10. The molecule has 0 saturated heterocycles. The van der Waals surface area contributed by atoms with Crippen molar-refractivity contribution in [3.63, 3.8) is 0 Å². The number of carbonyl (C=O) groups excluding carboxylic acids is 1. The van der Waals surface area contributed by atoms with E-state index in [0.717, 1.165) is 12.8 Å². The molecule has 0 unspecified atom stereocenters. The minimum Gasteiger partial charge on any atom is -0.350 e. The summed E-state index contributed by atoms with van der Waals surface area (Å²) in [5.41, 5.74) is 7.55. The van der Waals surface area contributed by atoms with Crippen molar-refractivity contribution in [1.82, 2.24) is 5.43 Å². The molecule has 0 bridgehead atoms. The normalized spacial score (nSPS) is 15.8. The highest BCUT2D eigenvalue weighted by atomic mass is 32.2. The predicted molar refractivity (Wildman–Crippen MR) is 86.1 cm³/mol. The molecular weight excluding hydrogens is 304 g/mol. The Morgan fingerprint density at radius 2 is 2.14 bits per heavy atom. The summed E-state index contributed by atoms with van der Waals surface area (Å²) in [6.07, 6.45) is 7.17. The van der Waals surface area contributed by atoms with Crippen LogP contribution in [0.1, 0.15) is 37.7 Å². The van der Waals surface area contributed by atoms with E-state index in [2.05, 4.69) is 10.5 Å². The monoisotopic (exact) mass is 322 g/mol. The SMILES string of the molecule is NC(=O)NN=Cc1ccc(SC2CCCCC2)c([N+](=O)[O-])c1. The van der Waals surface area contributed by atoms with Crippen LogP contribution in [-0.4, -0.2) is 22.4 Å². The van der Waals surface area contributed by atoms with Gasteiger partial charge in [0.05, 0.1) is 16.0 Å². The van der Waals surface area contributed by atoms with Gasteiger partial charge in [-0.2, -0.15) is 5.10 Å². The zero-order chi connectivity index (χ0) is 15.9. The molecule has 2 rings (SSSR count). The van der Waals surface area contributed by atoms with Gasteiger partial charge in [-0.3, -0.25) is 10.1 Å². The lowest BCUT2D eigenvalue weighted by atomic mass is 10.0. The molecule has 0 radical (unpaired) electrons. The van der Waals surface area contributed by atoms with Gasteiger partial charge in [0.25, 0.3) is 5.69 Å². The zero-order valence-electron chi connectivity index (χ0n) is 12.0. The lowest BCUT2D eigenvalue weighted by Crippen LogP contribution is -2.24. The van der Waals surface area contributed by atoms with Crippen LogP contribution in [0.15, 0.2) is 28.2 Å². The topological polar surface area (TPSA) is 111 Å². The van der Waals surface area contributed by atoms with Crippen LogP contribution >= 0.6 is 11.8 Å². The van der Waals surface area contributed by atoms with E-state index < -0.39 is 6.03 Å². The Morgan fingerprint density at radius 3 is 2.77 bits per heavy atom. The van der Waals surface area contributed by atoms with Crippen molar-refractivity contribution in [3.05, 3.63) is 33.9 Å². The number of hydrogen-bond acceptors (Lipinski definition) is 5. The van der Waals surface area contributed by atoms with Crippen LogP contribution in [0.2, 0.25) is 0 Å². The van der Waals surface area contributed by atoms with Gasteiger partial charge in [-0.1, -0.05) is 25.3 Å². The average Bonchev–Trinajstić information content (AvgIpc) is 2.49. The van der Waals surface area contributed by atoms with Crippen LogP contribution < -0.4 is 11.2 Å². The number of urea groups is 1. The maximum absolute atomic E-state index is 11.3. The highest BCUT2D eigenvalue weighted by molar-refractivity contribution is 8.00. The van der Waals surface area contributed by atoms with E-state index in [0.29, 0.717) is 15.7 Å². The second-order valence-electron chi connectivity index (χ2n) is 5.10. The summed E-state index contributed by atoms with van der Waals surface area (Å²) < 4.78 is 0. The molecule has 3 N–H and O–H groups in total. The number of hydrazone groups is 1. The molecule has 1 aromatic carbocycles. The molecule has 0 aromatic heterocycles. The molecule has 1 aromatic rings. The maximum Gasteiger partial charge on any atom is 0.332 e. The number of primary amides is 1. The van der Waals surface area contributed by atoms with E-state index in [4.69, 9.17) is 5.73 Å². The molecule has 0 heterocycles. The molecule has 0 spiro atoms. The fourth-order valence-electron chi connectivity index (χ4n) is 2.39. The van der Waals surface area contributed by atoms with E-state index in [-0.39, 0.29) is 10.6 Å². The number of rotatable bonds is 5. The summed E-state index contributed by atoms with van der Waals surface area (Å²) >= 11 is 1.58. The third kappa shape index (κ3) is 4.73. The molecule has 1 aliphatic rings. The third-order valence-corrected chi connectivity index (χ3v) is 4.82. The van der Waals surface area contributed by atoms with Gasteiger partial charge in [0.2, 0.25) is 0 Å². The maximum atomic E-state index is 11.3. The van der Waals surface area contributed by atoms with Crippen molar-refractivity contribution in [2.24, 2.45) is 10.8 Å². The molecule has 2 amide bonds. The third-order valence-electron chi connectivity index (χ3n) is 3.41. The fourth-order valence-corrected chi connectivity index (χ4v) is 3.72. The van der Waals surface area contributed by atoms with E-state index in [1.807, 2.05) is 0 Å². The van der Waals surface area contributed by atoms with Crippen LogP contribution in [0.25, 0.3) is 0 Å². The number of nitro groups is 1. The van der Waals surface area contributed by atoms with Crippen molar-refractivity contribution in [2.45, 2.75) is 42.2 Å². The summed E-state index contributed by atoms with van der Waals surface area (Å²) in [5, 5.41) is 15.3. The van der Waals surface area contributed by atoms with Crippen LogP contribution in [-0.2, 0) is 0 Å². The Labute approximate surface area is 132 Å². The summed E-state index contributed by atoms with van der Waals surface area (Å²) in [6, 6.07) is 4.15. The molecule has 1 aliphatic carbocycles.